The third-order valence-corrected chi connectivity index (χ3v) is 5.09. The lowest BCUT2D eigenvalue weighted by Crippen LogP contribution is -2.23. The fourth-order valence-electron chi connectivity index (χ4n) is 2.79. The highest BCUT2D eigenvalue weighted by Gasteiger charge is 2.09. The number of thioether (sulfide) groups is 1. The van der Waals surface area contributed by atoms with Gasteiger partial charge in [-0.1, -0.05) is 72.8 Å². The number of benzene rings is 3. The molecule has 0 unspecified atom stereocenters. The van der Waals surface area contributed by atoms with Crippen molar-refractivity contribution >= 4 is 35.0 Å². The number of nitrogens with zero attached hydrogens (tertiary/aromatic N) is 1. The predicted molar refractivity (Wildman–Crippen MR) is 124 cm³/mol. The fourth-order valence-corrected chi connectivity index (χ4v) is 3.40. The summed E-state index contributed by atoms with van der Waals surface area (Å²) in [5.41, 5.74) is 6.95. The Morgan fingerprint density at radius 1 is 0.800 bits per heavy atom. The minimum Gasteiger partial charge on any atom is -0.325 e. The van der Waals surface area contributed by atoms with Gasteiger partial charge in [0.25, 0.3) is 0 Å². The maximum absolute atomic E-state index is 12.2. The van der Waals surface area contributed by atoms with Gasteiger partial charge in [0.2, 0.25) is 11.8 Å². The topological polar surface area (TPSA) is 70.6 Å². The Morgan fingerprint density at radius 3 is 2.00 bits per heavy atom. The highest BCUT2D eigenvalue weighted by atomic mass is 32.2. The van der Waals surface area contributed by atoms with Crippen molar-refractivity contribution in [2.45, 2.75) is 6.92 Å². The van der Waals surface area contributed by atoms with Crippen molar-refractivity contribution in [2.75, 3.05) is 16.8 Å². The van der Waals surface area contributed by atoms with Gasteiger partial charge in [0.1, 0.15) is 0 Å². The molecule has 0 aromatic heterocycles. The van der Waals surface area contributed by atoms with Crippen LogP contribution in [0, 0.1) is 6.92 Å². The molecule has 152 valence electrons. The summed E-state index contributed by atoms with van der Waals surface area (Å²) < 4.78 is 0. The molecular weight excluding hydrogens is 394 g/mol. The van der Waals surface area contributed by atoms with Crippen molar-refractivity contribution in [1.82, 2.24) is 5.43 Å². The highest BCUT2D eigenvalue weighted by molar-refractivity contribution is 8.00. The Kier molecular flexibility index (Phi) is 7.80. The van der Waals surface area contributed by atoms with Gasteiger partial charge in [0.15, 0.2) is 0 Å². The number of amides is 2. The minimum absolute atomic E-state index is 0.140. The van der Waals surface area contributed by atoms with Gasteiger partial charge in [0.05, 0.1) is 17.2 Å². The Morgan fingerprint density at radius 2 is 1.40 bits per heavy atom. The van der Waals surface area contributed by atoms with Crippen LogP contribution in [0.3, 0.4) is 0 Å². The average molecular weight is 418 g/mol. The van der Waals surface area contributed by atoms with Gasteiger partial charge >= 0.3 is 0 Å². The summed E-state index contributed by atoms with van der Waals surface area (Å²) in [6, 6.07) is 27.0. The van der Waals surface area contributed by atoms with Crippen LogP contribution in [0.5, 0.6) is 0 Å². The zero-order valence-electron chi connectivity index (χ0n) is 16.7. The van der Waals surface area contributed by atoms with E-state index in [1.165, 1.54) is 11.8 Å². The van der Waals surface area contributed by atoms with Gasteiger partial charge in [-0.15, -0.1) is 11.8 Å². The second kappa shape index (κ2) is 11.0. The quantitative estimate of drug-likeness (QED) is 0.426. The Hall–Kier alpha value is -3.38. The monoisotopic (exact) mass is 417 g/mol. The molecule has 2 amide bonds. The van der Waals surface area contributed by atoms with Crippen molar-refractivity contribution < 1.29 is 9.59 Å². The first-order valence-electron chi connectivity index (χ1n) is 9.53. The van der Waals surface area contributed by atoms with E-state index >= 15 is 0 Å². The molecule has 0 aliphatic carbocycles. The third kappa shape index (κ3) is 6.60. The lowest BCUT2D eigenvalue weighted by Gasteiger charge is -2.08. The molecule has 0 aliphatic heterocycles. The Labute approximate surface area is 180 Å². The SMILES string of the molecule is Cc1cccc(NC(=O)CSCC(=O)NN=C(c2ccccc2)c2ccccc2)c1. The molecule has 0 saturated heterocycles. The van der Waals surface area contributed by atoms with Crippen LogP contribution in [0.4, 0.5) is 5.69 Å². The van der Waals surface area contributed by atoms with Crippen LogP contribution in [-0.2, 0) is 9.59 Å². The van der Waals surface area contributed by atoms with E-state index in [1.807, 2.05) is 91.9 Å². The Balaban J connectivity index is 1.54. The number of aryl methyl sites for hydroxylation is 1. The van der Waals surface area contributed by atoms with Crippen molar-refractivity contribution in [3.8, 4) is 0 Å². The molecule has 0 fully saturated rings. The molecule has 0 spiro atoms. The standard InChI is InChI=1S/C24H23N3O2S/c1-18-9-8-14-21(15-18)25-22(28)16-30-17-23(29)26-27-24(19-10-4-2-5-11-19)20-12-6-3-7-13-20/h2-15H,16-17H2,1H3,(H,25,28)(H,26,29). The van der Waals surface area contributed by atoms with Crippen LogP contribution < -0.4 is 10.7 Å². The number of hydrazone groups is 1. The van der Waals surface area contributed by atoms with Crippen molar-refractivity contribution in [2.24, 2.45) is 5.10 Å². The molecule has 30 heavy (non-hydrogen) atoms. The van der Waals surface area contributed by atoms with E-state index in [2.05, 4.69) is 15.8 Å². The van der Waals surface area contributed by atoms with Crippen molar-refractivity contribution in [1.29, 1.82) is 0 Å². The molecule has 3 rings (SSSR count). The van der Waals surface area contributed by atoms with Crippen molar-refractivity contribution in [3.63, 3.8) is 0 Å². The molecule has 6 heteroatoms. The maximum atomic E-state index is 12.2. The number of anilines is 1. The first-order chi connectivity index (χ1) is 14.6. The molecule has 0 atom stereocenters. The number of carbonyl (C=O) groups excluding carboxylic acids is 2. The molecule has 0 bridgehead atoms. The molecule has 0 heterocycles. The number of hydrogen-bond acceptors (Lipinski definition) is 4. The van der Waals surface area contributed by atoms with Gasteiger partial charge in [-0.2, -0.15) is 5.10 Å². The predicted octanol–water partition coefficient (Wildman–Crippen LogP) is 4.24. The molecule has 3 aromatic rings. The largest absolute Gasteiger partial charge is 0.325 e. The van der Waals surface area contributed by atoms with Gasteiger partial charge in [0, 0.05) is 16.8 Å². The second-order valence-electron chi connectivity index (χ2n) is 6.64. The van der Waals surface area contributed by atoms with E-state index in [0.29, 0.717) is 5.71 Å². The van der Waals surface area contributed by atoms with Gasteiger partial charge in [-0.05, 0) is 24.6 Å². The minimum atomic E-state index is -0.257. The van der Waals surface area contributed by atoms with E-state index in [-0.39, 0.29) is 23.3 Å². The first kappa shape index (κ1) is 21.3. The van der Waals surface area contributed by atoms with Crippen molar-refractivity contribution in [3.05, 3.63) is 102 Å². The smallest absolute Gasteiger partial charge is 0.250 e. The lowest BCUT2D eigenvalue weighted by molar-refractivity contribution is -0.118. The lowest BCUT2D eigenvalue weighted by atomic mass is 10.0. The molecule has 3 aromatic carbocycles. The molecule has 0 aliphatic rings. The van der Waals surface area contributed by atoms with Crippen LogP contribution in [0.25, 0.3) is 0 Å². The van der Waals surface area contributed by atoms with E-state index in [9.17, 15) is 9.59 Å². The summed E-state index contributed by atoms with van der Waals surface area (Å²) >= 11 is 1.24. The summed E-state index contributed by atoms with van der Waals surface area (Å²) in [4.78, 5) is 24.3. The molecular formula is C24H23N3O2S. The van der Waals surface area contributed by atoms with Gasteiger partial charge in [-0.3, -0.25) is 9.59 Å². The van der Waals surface area contributed by atoms with Gasteiger partial charge < -0.3 is 5.32 Å². The van der Waals surface area contributed by atoms with Crippen LogP contribution in [0.2, 0.25) is 0 Å². The van der Waals surface area contributed by atoms with Crippen LogP contribution in [0.1, 0.15) is 16.7 Å². The number of carbonyl (C=O) groups is 2. The number of hydrogen-bond donors (Lipinski definition) is 2. The average Bonchev–Trinajstić information content (AvgIpc) is 2.75. The summed E-state index contributed by atoms with van der Waals surface area (Å²) in [6.45, 7) is 1.97. The summed E-state index contributed by atoms with van der Waals surface area (Å²) in [5, 5.41) is 7.17. The molecule has 2 N–H and O–H groups in total. The first-order valence-corrected chi connectivity index (χ1v) is 10.7. The Bertz CT molecular complexity index is 979. The normalized spacial score (nSPS) is 10.2. The van der Waals surface area contributed by atoms with Crippen LogP contribution >= 0.6 is 11.8 Å². The molecule has 5 nitrogen and oxygen atoms in total. The van der Waals surface area contributed by atoms with Crippen LogP contribution in [-0.4, -0.2) is 29.0 Å². The van der Waals surface area contributed by atoms with Gasteiger partial charge in [-0.25, -0.2) is 5.43 Å². The number of rotatable bonds is 8. The fraction of sp³-hybridized carbons (Fsp3) is 0.125. The molecule has 0 saturated carbocycles. The third-order valence-electron chi connectivity index (χ3n) is 4.16. The van der Waals surface area contributed by atoms with E-state index in [0.717, 1.165) is 22.4 Å². The summed E-state index contributed by atoms with van der Waals surface area (Å²) in [7, 11) is 0. The van der Waals surface area contributed by atoms with E-state index in [4.69, 9.17) is 0 Å². The summed E-state index contributed by atoms with van der Waals surface area (Å²) in [5.74, 6) is -0.0689. The van der Waals surface area contributed by atoms with Crippen LogP contribution in [0.15, 0.2) is 90.0 Å². The number of nitrogens with one attached hydrogen (secondary N) is 2. The molecule has 0 radical (unpaired) electrons. The second-order valence-corrected chi connectivity index (χ2v) is 7.62. The zero-order valence-corrected chi connectivity index (χ0v) is 17.5. The summed E-state index contributed by atoms with van der Waals surface area (Å²) in [6.07, 6.45) is 0. The van der Waals surface area contributed by atoms with E-state index in [1.54, 1.807) is 0 Å². The maximum Gasteiger partial charge on any atom is 0.250 e. The zero-order chi connectivity index (χ0) is 21.2. The van der Waals surface area contributed by atoms with E-state index < -0.39 is 0 Å². The highest BCUT2D eigenvalue weighted by Crippen LogP contribution is 2.12.